The molecule has 0 N–H and O–H groups in total. The number of aromatic nitrogens is 2. The summed E-state index contributed by atoms with van der Waals surface area (Å²) in [6, 6.07) is 12.8. The monoisotopic (exact) mass is 434 g/mol. The number of ether oxygens (including phenoxy) is 1. The largest absolute Gasteiger partial charge is 0.462 e. The van der Waals surface area contributed by atoms with Gasteiger partial charge in [-0.2, -0.15) is 0 Å². The fourth-order valence-electron chi connectivity index (χ4n) is 4.26. The molecule has 4 nitrogen and oxygen atoms in total. The maximum Gasteiger partial charge on any atom is 0.339 e. The van der Waals surface area contributed by atoms with Gasteiger partial charge in [-0.1, -0.05) is 18.2 Å². The quantitative estimate of drug-likeness (QED) is 0.250. The number of para-hydroxylation sites is 1. The summed E-state index contributed by atoms with van der Waals surface area (Å²) in [6.45, 7) is 3.81. The van der Waals surface area contributed by atoms with Gasteiger partial charge in [-0.3, -0.25) is 4.40 Å². The van der Waals surface area contributed by atoms with E-state index in [1.54, 1.807) is 13.0 Å². The zero-order valence-electron chi connectivity index (χ0n) is 17.2. The maximum atomic E-state index is 13.9. The zero-order valence-corrected chi connectivity index (χ0v) is 17.2. The Labute approximate surface area is 180 Å². The van der Waals surface area contributed by atoms with E-state index in [-0.39, 0.29) is 12.2 Å². The predicted octanol–water partition coefficient (Wildman–Crippen LogP) is 6.21. The Bertz CT molecular complexity index is 1530. The smallest absolute Gasteiger partial charge is 0.339 e. The van der Waals surface area contributed by atoms with Crippen LogP contribution in [0.4, 0.5) is 13.2 Å². The fourth-order valence-corrected chi connectivity index (χ4v) is 4.26. The van der Waals surface area contributed by atoms with Crippen LogP contribution in [0.25, 0.3) is 38.6 Å². The van der Waals surface area contributed by atoms with Gasteiger partial charge in [0.1, 0.15) is 5.65 Å². The molecule has 2 aromatic carbocycles. The predicted molar refractivity (Wildman–Crippen MR) is 116 cm³/mol. The summed E-state index contributed by atoms with van der Waals surface area (Å²) < 4.78 is 48.6. The number of pyridine rings is 2. The van der Waals surface area contributed by atoms with Crippen molar-refractivity contribution in [3.63, 3.8) is 0 Å². The number of carbonyl (C=O) groups excluding carboxylic acids is 1. The summed E-state index contributed by atoms with van der Waals surface area (Å²) in [6.07, 6.45) is 1.53. The third-order valence-electron chi connectivity index (χ3n) is 5.65. The van der Waals surface area contributed by atoms with Crippen LogP contribution in [-0.4, -0.2) is 22.0 Å². The highest BCUT2D eigenvalue weighted by molar-refractivity contribution is 6.10. The lowest BCUT2D eigenvalue weighted by atomic mass is 10.0. The van der Waals surface area contributed by atoms with Crippen molar-refractivity contribution in [1.29, 1.82) is 0 Å². The number of rotatable bonds is 3. The van der Waals surface area contributed by atoms with Gasteiger partial charge in [-0.05, 0) is 60.9 Å². The summed E-state index contributed by atoms with van der Waals surface area (Å²) >= 11 is 0. The van der Waals surface area contributed by atoms with Crippen LogP contribution in [0.1, 0.15) is 22.8 Å². The Balaban J connectivity index is 1.91. The molecule has 0 atom stereocenters. The number of nitrogens with zero attached hydrogens (tertiary/aromatic N) is 2. The third-order valence-corrected chi connectivity index (χ3v) is 5.65. The molecule has 160 valence electrons. The number of halogens is 3. The van der Waals surface area contributed by atoms with E-state index in [0.29, 0.717) is 38.6 Å². The lowest BCUT2D eigenvalue weighted by Gasteiger charge is -2.13. The molecule has 0 aliphatic rings. The minimum absolute atomic E-state index is 0.192. The van der Waals surface area contributed by atoms with Crippen molar-refractivity contribution in [2.45, 2.75) is 13.8 Å². The second kappa shape index (κ2) is 7.37. The van der Waals surface area contributed by atoms with Crippen molar-refractivity contribution in [3.8, 4) is 11.1 Å². The SMILES string of the molecule is CCOC(=O)c1c(C)c2cc3c(-c4cc(F)c(F)c(F)c4)ccnc3n2c2ccccc12. The molecule has 3 aromatic heterocycles. The first-order valence-corrected chi connectivity index (χ1v) is 10.1. The molecule has 0 saturated heterocycles. The van der Waals surface area contributed by atoms with Crippen LogP contribution in [0.5, 0.6) is 0 Å². The average Bonchev–Trinajstić information content (AvgIpc) is 3.18. The molecule has 0 unspecified atom stereocenters. The number of benzene rings is 2. The van der Waals surface area contributed by atoms with E-state index in [4.69, 9.17) is 4.74 Å². The van der Waals surface area contributed by atoms with E-state index in [2.05, 4.69) is 4.98 Å². The van der Waals surface area contributed by atoms with Crippen LogP contribution >= 0.6 is 0 Å². The highest BCUT2D eigenvalue weighted by Crippen LogP contribution is 2.36. The van der Waals surface area contributed by atoms with Crippen LogP contribution in [0.2, 0.25) is 0 Å². The molecular weight excluding hydrogens is 417 g/mol. The summed E-state index contributed by atoms with van der Waals surface area (Å²) in [7, 11) is 0. The fraction of sp³-hybridized carbons (Fsp3) is 0.120. The number of hydrogen-bond acceptors (Lipinski definition) is 3. The van der Waals surface area contributed by atoms with Gasteiger partial charge in [-0.25, -0.2) is 22.9 Å². The molecule has 0 aliphatic carbocycles. The standard InChI is InChI=1S/C25H17F3N2O2/c1-3-32-25(31)22-13(2)21-12-17-15(14-10-18(26)23(28)19(27)11-14)8-9-29-24(17)30(21)20-7-5-4-6-16(20)22/h4-12H,3H2,1-2H3. The minimum atomic E-state index is -1.51. The molecule has 0 spiro atoms. The molecular formula is C25H17F3N2O2. The molecule has 0 bridgehead atoms. The van der Waals surface area contributed by atoms with Crippen LogP contribution in [0.15, 0.2) is 54.7 Å². The van der Waals surface area contributed by atoms with Gasteiger partial charge in [0.15, 0.2) is 17.5 Å². The van der Waals surface area contributed by atoms with Gasteiger partial charge in [0.25, 0.3) is 0 Å². The summed E-state index contributed by atoms with van der Waals surface area (Å²) in [5.41, 5.74) is 3.85. The number of esters is 1. The summed E-state index contributed by atoms with van der Waals surface area (Å²) in [5.74, 6) is -4.47. The molecule has 0 radical (unpaired) electrons. The van der Waals surface area contributed by atoms with Crippen molar-refractivity contribution in [2.24, 2.45) is 0 Å². The molecule has 5 aromatic rings. The lowest BCUT2D eigenvalue weighted by molar-refractivity contribution is 0.0528. The van der Waals surface area contributed by atoms with Crippen molar-refractivity contribution < 1.29 is 22.7 Å². The first kappa shape index (κ1) is 20.1. The van der Waals surface area contributed by atoms with Crippen molar-refractivity contribution >= 4 is 33.4 Å². The third kappa shape index (κ3) is 2.85. The van der Waals surface area contributed by atoms with Gasteiger partial charge >= 0.3 is 5.97 Å². The molecule has 0 saturated carbocycles. The first-order valence-electron chi connectivity index (χ1n) is 10.1. The number of aryl methyl sites for hydroxylation is 1. The van der Waals surface area contributed by atoms with E-state index in [9.17, 15) is 18.0 Å². The normalized spacial score (nSPS) is 11.5. The Hall–Kier alpha value is -3.87. The van der Waals surface area contributed by atoms with Crippen LogP contribution in [0.3, 0.4) is 0 Å². The van der Waals surface area contributed by atoms with E-state index in [0.717, 1.165) is 17.6 Å². The van der Waals surface area contributed by atoms with Gasteiger partial charge in [0.2, 0.25) is 0 Å². The van der Waals surface area contributed by atoms with Gasteiger partial charge in [0.05, 0.1) is 23.2 Å². The Morgan fingerprint density at radius 2 is 1.72 bits per heavy atom. The second-order valence-corrected chi connectivity index (χ2v) is 7.45. The molecule has 0 amide bonds. The van der Waals surface area contributed by atoms with Crippen LogP contribution in [-0.2, 0) is 4.74 Å². The minimum Gasteiger partial charge on any atom is -0.462 e. The number of fused-ring (bicyclic) bond motifs is 5. The van der Waals surface area contributed by atoms with Crippen LogP contribution in [0, 0.1) is 24.4 Å². The number of carbonyl (C=O) groups is 1. The highest BCUT2D eigenvalue weighted by atomic mass is 19.2. The highest BCUT2D eigenvalue weighted by Gasteiger charge is 2.22. The molecule has 3 heterocycles. The van der Waals surface area contributed by atoms with E-state index >= 15 is 0 Å². The Morgan fingerprint density at radius 3 is 2.44 bits per heavy atom. The Kier molecular flexibility index (Phi) is 4.62. The van der Waals surface area contributed by atoms with E-state index in [1.807, 2.05) is 41.7 Å². The lowest BCUT2D eigenvalue weighted by Crippen LogP contribution is -2.09. The maximum absolute atomic E-state index is 13.9. The van der Waals surface area contributed by atoms with E-state index < -0.39 is 23.4 Å². The molecule has 32 heavy (non-hydrogen) atoms. The second-order valence-electron chi connectivity index (χ2n) is 7.45. The first-order chi connectivity index (χ1) is 15.4. The van der Waals surface area contributed by atoms with Gasteiger partial charge in [0, 0.05) is 17.0 Å². The number of hydrogen-bond donors (Lipinski definition) is 0. The molecule has 7 heteroatoms. The van der Waals surface area contributed by atoms with Crippen molar-refractivity contribution in [3.05, 3.63) is 83.3 Å². The summed E-state index contributed by atoms with van der Waals surface area (Å²) in [5, 5.41) is 1.33. The zero-order chi connectivity index (χ0) is 22.6. The molecule has 0 aliphatic heterocycles. The Morgan fingerprint density at radius 1 is 1.00 bits per heavy atom. The molecule has 5 rings (SSSR count). The van der Waals surface area contributed by atoms with E-state index in [1.165, 1.54) is 6.20 Å². The van der Waals surface area contributed by atoms with Gasteiger partial charge < -0.3 is 4.74 Å². The van der Waals surface area contributed by atoms with Gasteiger partial charge in [-0.15, -0.1) is 0 Å². The molecule has 0 fully saturated rings. The summed E-state index contributed by atoms with van der Waals surface area (Å²) in [4.78, 5) is 17.3. The van der Waals surface area contributed by atoms with Crippen molar-refractivity contribution in [1.82, 2.24) is 9.38 Å². The topological polar surface area (TPSA) is 43.6 Å². The van der Waals surface area contributed by atoms with Crippen molar-refractivity contribution in [2.75, 3.05) is 6.61 Å². The average molecular weight is 434 g/mol. The van der Waals surface area contributed by atoms with Crippen LogP contribution < -0.4 is 0 Å².